The van der Waals surface area contributed by atoms with Crippen molar-refractivity contribution in [2.45, 2.75) is 19.9 Å². The quantitative estimate of drug-likeness (QED) is 0.834. The Morgan fingerprint density at radius 2 is 2.00 bits per heavy atom. The Bertz CT molecular complexity index is 287. The van der Waals surface area contributed by atoms with Gasteiger partial charge in [0.05, 0.1) is 0 Å². The van der Waals surface area contributed by atoms with Crippen LogP contribution in [0.4, 0.5) is 0 Å². The highest BCUT2D eigenvalue weighted by molar-refractivity contribution is 9.10. The SMILES string of the molecule is Cc1cc(C)c(C(N)CN)c(Br)c1. The van der Waals surface area contributed by atoms with Crippen LogP contribution in [-0.4, -0.2) is 6.54 Å². The predicted octanol–water partition coefficient (Wildman–Crippen LogP) is 2.02. The summed E-state index contributed by atoms with van der Waals surface area (Å²) in [7, 11) is 0. The van der Waals surface area contributed by atoms with E-state index in [-0.39, 0.29) is 6.04 Å². The van der Waals surface area contributed by atoms with E-state index in [0.29, 0.717) is 6.54 Å². The van der Waals surface area contributed by atoms with E-state index in [2.05, 4.69) is 41.9 Å². The Balaban J connectivity index is 3.20. The van der Waals surface area contributed by atoms with Crippen molar-refractivity contribution in [3.05, 3.63) is 33.3 Å². The van der Waals surface area contributed by atoms with Crippen LogP contribution in [0, 0.1) is 13.8 Å². The fourth-order valence-corrected chi connectivity index (χ4v) is 2.48. The molecule has 0 spiro atoms. The van der Waals surface area contributed by atoms with Crippen molar-refractivity contribution in [2.75, 3.05) is 6.54 Å². The van der Waals surface area contributed by atoms with Gasteiger partial charge in [-0.3, -0.25) is 0 Å². The average Bonchev–Trinajstić information content (AvgIpc) is 2.02. The lowest BCUT2D eigenvalue weighted by Crippen LogP contribution is -2.22. The number of hydrogen-bond donors (Lipinski definition) is 2. The highest BCUT2D eigenvalue weighted by atomic mass is 79.9. The van der Waals surface area contributed by atoms with E-state index in [0.717, 1.165) is 10.0 Å². The summed E-state index contributed by atoms with van der Waals surface area (Å²) in [6.07, 6.45) is 0. The molecule has 1 atom stereocenters. The molecule has 3 heteroatoms. The minimum absolute atomic E-state index is 0.0741. The van der Waals surface area contributed by atoms with Crippen LogP contribution in [0.2, 0.25) is 0 Å². The topological polar surface area (TPSA) is 52.0 Å². The van der Waals surface area contributed by atoms with E-state index in [9.17, 15) is 0 Å². The van der Waals surface area contributed by atoms with Crippen molar-refractivity contribution in [3.8, 4) is 0 Å². The largest absolute Gasteiger partial charge is 0.329 e. The maximum Gasteiger partial charge on any atom is 0.0433 e. The van der Waals surface area contributed by atoms with Gasteiger partial charge in [-0.1, -0.05) is 22.0 Å². The molecule has 0 amide bonds. The Labute approximate surface area is 87.4 Å². The second-order valence-electron chi connectivity index (χ2n) is 3.32. The van der Waals surface area contributed by atoms with Gasteiger partial charge in [-0.05, 0) is 36.6 Å². The molecule has 1 unspecified atom stereocenters. The van der Waals surface area contributed by atoms with Crippen LogP contribution in [0.15, 0.2) is 16.6 Å². The van der Waals surface area contributed by atoms with E-state index >= 15 is 0 Å². The van der Waals surface area contributed by atoms with Gasteiger partial charge in [0.15, 0.2) is 0 Å². The van der Waals surface area contributed by atoms with Crippen LogP contribution < -0.4 is 11.5 Å². The van der Waals surface area contributed by atoms with Crippen molar-refractivity contribution >= 4 is 15.9 Å². The minimum Gasteiger partial charge on any atom is -0.329 e. The van der Waals surface area contributed by atoms with Crippen molar-refractivity contribution in [1.82, 2.24) is 0 Å². The van der Waals surface area contributed by atoms with Crippen LogP contribution in [0.5, 0.6) is 0 Å². The van der Waals surface area contributed by atoms with Crippen molar-refractivity contribution in [2.24, 2.45) is 11.5 Å². The summed E-state index contributed by atoms with van der Waals surface area (Å²) in [6, 6.07) is 4.11. The van der Waals surface area contributed by atoms with Gasteiger partial charge in [0.1, 0.15) is 0 Å². The van der Waals surface area contributed by atoms with Crippen LogP contribution in [-0.2, 0) is 0 Å². The van der Waals surface area contributed by atoms with Gasteiger partial charge < -0.3 is 11.5 Å². The molecule has 1 rings (SSSR count). The first-order chi connectivity index (χ1) is 6.06. The molecule has 0 saturated heterocycles. The number of aryl methyl sites for hydroxylation is 2. The molecular formula is C10H15BrN2. The molecule has 0 saturated carbocycles. The molecule has 0 aliphatic heterocycles. The lowest BCUT2D eigenvalue weighted by molar-refractivity contribution is 0.727. The Morgan fingerprint density at radius 1 is 1.38 bits per heavy atom. The highest BCUT2D eigenvalue weighted by Gasteiger charge is 2.11. The van der Waals surface area contributed by atoms with Crippen molar-refractivity contribution in [3.63, 3.8) is 0 Å². The van der Waals surface area contributed by atoms with Gasteiger partial charge in [0, 0.05) is 17.1 Å². The smallest absolute Gasteiger partial charge is 0.0433 e. The zero-order valence-electron chi connectivity index (χ0n) is 7.97. The van der Waals surface area contributed by atoms with Crippen LogP contribution in [0.3, 0.4) is 0 Å². The summed E-state index contributed by atoms with van der Waals surface area (Å²) in [5, 5.41) is 0. The lowest BCUT2D eigenvalue weighted by atomic mass is 10.00. The highest BCUT2D eigenvalue weighted by Crippen LogP contribution is 2.26. The number of benzene rings is 1. The fourth-order valence-electron chi connectivity index (χ4n) is 1.51. The third kappa shape index (κ3) is 2.30. The van der Waals surface area contributed by atoms with E-state index < -0.39 is 0 Å². The monoisotopic (exact) mass is 242 g/mol. The molecule has 72 valence electrons. The normalized spacial score (nSPS) is 13.0. The van der Waals surface area contributed by atoms with Crippen LogP contribution in [0.1, 0.15) is 22.7 Å². The first kappa shape index (κ1) is 10.7. The van der Waals surface area contributed by atoms with E-state index in [1.165, 1.54) is 11.1 Å². The standard InChI is InChI=1S/C10H15BrN2/c1-6-3-7(2)10(8(11)4-6)9(13)5-12/h3-4,9H,5,12-13H2,1-2H3. The number of rotatable bonds is 2. The molecule has 0 aliphatic rings. The summed E-state index contributed by atoms with van der Waals surface area (Å²) < 4.78 is 1.06. The minimum atomic E-state index is -0.0741. The molecule has 0 fully saturated rings. The van der Waals surface area contributed by atoms with E-state index in [1.54, 1.807) is 0 Å². The average molecular weight is 243 g/mol. The predicted molar refractivity (Wildman–Crippen MR) is 59.6 cm³/mol. The third-order valence-electron chi connectivity index (χ3n) is 2.11. The molecule has 4 N–H and O–H groups in total. The zero-order chi connectivity index (χ0) is 10.0. The summed E-state index contributed by atoms with van der Waals surface area (Å²) in [4.78, 5) is 0. The van der Waals surface area contributed by atoms with Crippen LogP contribution >= 0.6 is 15.9 Å². The molecule has 1 aromatic rings. The molecule has 0 bridgehead atoms. The first-order valence-electron chi connectivity index (χ1n) is 4.28. The van der Waals surface area contributed by atoms with E-state index in [4.69, 9.17) is 11.5 Å². The molecular weight excluding hydrogens is 228 g/mol. The molecule has 0 radical (unpaired) electrons. The summed E-state index contributed by atoms with van der Waals surface area (Å²) >= 11 is 3.50. The Kier molecular flexibility index (Phi) is 3.47. The van der Waals surface area contributed by atoms with Gasteiger partial charge >= 0.3 is 0 Å². The van der Waals surface area contributed by atoms with E-state index in [1.807, 2.05) is 0 Å². The van der Waals surface area contributed by atoms with Gasteiger partial charge in [-0.15, -0.1) is 0 Å². The van der Waals surface area contributed by atoms with Gasteiger partial charge in [0.25, 0.3) is 0 Å². The molecule has 0 heterocycles. The van der Waals surface area contributed by atoms with Crippen molar-refractivity contribution in [1.29, 1.82) is 0 Å². The number of nitrogens with two attached hydrogens (primary N) is 2. The Morgan fingerprint density at radius 3 is 2.46 bits per heavy atom. The van der Waals surface area contributed by atoms with Crippen molar-refractivity contribution < 1.29 is 0 Å². The zero-order valence-corrected chi connectivity index (χ0v) is 9.56. The molecule has 13 heavy (non-hydrogen) atoms. The molecule has 0 aromatic heterocycles. The molecule has 2 nitrogen and oxygen atoms in total. The Hall–Kier alpha value is -0.380. The summed E-state index contributed by atoms with van der Waals surface area (Å²) in [5.41, 5.74) is 15.0. The third-order valence-corrected chi connectivity index (χ3v) is 2.76. The molecule has 0 aliphatic carbocycles. The van der Waals surface area contributed by atoms with Gasteiger partial charge in [-0.2, -0.15) is 0 Å². The summed E-state index contributed by atoms with van der Waals surface area (Å²) in [5.74, 6) is 0. The maximum absolute atomic E-state index is 5.89. The lowest BCUT2D eigenvalue weighted by Gasteiger charge is -2.15. The van der Waals surface area contributed by atoms with Crippen LogP contribution in [0.25, 0.3) is 0 Å². The van der Waals surface area contributed by atoms with Gasteiger partial charge in [0.2, 0.25) is 0 Å². The number of hydrogen-bond acceptors (Lipinski definition) is 2. The second-order valence-corrected chi connectivity index (χ2v) is 4.17. The second kappa shape index (κ2) is 4.22. The number of halogens is 1. The fraction of sp³-hybridized carbons (Fsp3) is 0.400. The first-order valence-corrected chi connectivity index (χ1v) is 5.08. The summed E-state index contributed by atoms with van der Waals surface area (Å²) in [6.45, 7) is 4.60. The molecule has 1 aromatic carbocycles. The van der Waals surface area contributed by atoms with Gasteiger partial charge in [-0.25, -0.2) is 0 Å². The maximum atomic E-state index is 5.89.